The SMILES string of the molecule is CC(=O)Nc1cccc(C(=O)N/N=C/c2ccc(C)o2)c1. The van der Waals surface area contributed by atoms with E-state index in [1.54, 1.807) is 36.4 Å². The number of nitrogens with one attached hydrogen (secondary N) is 2. The summed E-state index contributed by atoms with van der Waals surface area (Å²) in [7, 11) is 0. The molecular formula is C15H15N3O3. The van der Waals surface area contributed by atoms with Gasteiger partial charge >= 0.3 is 0 Å². The molecule has 0 bridgehead atoms. The standard InChI is InChI=1S/C15H15N3O3/c1-10-6-7-14(21-10)9-16-18-15(20)12-4-3-5-13(8-12)17-11(2)19/h3-9H,1-2H3,(H,17,19)(H,18,20)/b16-9+. The van der Waals surface area contributed by atoms with Crippen molar-refractivity contribution >= 4 is 23.7 Å². The van der Waals surface area contributed by atoms with Crippen molar-refractivity contribution in [2.75, 3.05) is 5.32 Å². The highest BCUT2D eigenvalue weighted by atomic mass is 16.3. The minimum atomic E-state index is -0.373. The van der Waals surface area contributed by atoms with Crippen LogP contribution in [0.3, 0.4) is 0 Å². The zero-order chi connectivity index (χ0) is 15.2. The molecule has 6 heteroatoms. The van der Waals surface area contributed by atoms with Crippen LogP contribution in [0.5, 0.6) is 0 Å². The third kappa shape index (κ3) is 4.31. The molecule has 0 spiro atoms. The summed E-state index contributed by atoms with van der Waals surface area (Å²) in [6, 6.07) is 10.1. The fourth-order valence-corrected chi connectivity index (χ4v) is 1.68. The van der Waals surface area contributed by atoms with Crippen LogP contribution >= 0.6 is 0 Å². The average Bonchev–Trinajstić information content (AvgIpc) is 2.84. The Hall–Kier alpha value is -2.89. The van der Waals surface area contributed by atoms with Gasteiger partial charge in [0.25, 0.3) is 5.91 Å². The Morgan fingerprint density at radius 3 is 2.71 bits per heavy atom. The lowest BCUT2D eigenvalue weighted by Crippen LogP contribution is -2.18. The smallest absolute Gasteiger partial charge is 0.271 e. The van der Waals surface area contributed by atoms with Gasteiger partial charge in [-0.15, -0.1) is 0 Å². The van der Waals surface area contributed by atoms with Crippen LogP contribution in [0.15, 0.2) is 45.9 Å². The van der Waals surface area contributed by atoms with Gasteiger partial charge in [0.15, 0.2) is 0 Å². The van der Waals surface area contributed by atoms with Gasteiger partial charge in [-0.2, -0.15) is 5.10 Å². The van der Waals surface area contributed by atoms with E-state index in [-0.39, 0.29) is 11.8 Å². The summed E-state index contributed by atoms with van der Waals surface area (Å²) in [6.45, 7) is 3.23. The van der Waals surface area contributed by atoms with Gasteiger partial charge in [0.05, 0.1) is 6.21 Å². The molecule has 0 atom stereocenters. The number of hydrogen-bond acceptors (Lipinski definition) is 4. The number of aryl methyl sites for hydroxylation is 1. The second-order valence-electron chi connectivity index (χ2n) is 4.41. The molecule has 2 N–H and O–H groups in total. The lowest BCUT2D eigenvalue weighted by Gasteiger charge is -2.04. The van der Waals surface area contributed by atoms with Gasteiger partial charge in [-0.25, -0.2) is 5.43 Å². The molecule has 0 aliphatic heterocycles. The van der Waals surface area contributed by atoms with Gasteiger partial charge in [-0.3, -0.25) is 9.59 Å². The molecule has 0 radical (unpaired) electrons. The highest BCUT2D eigenvalue weighted by Crippen LogP contribution is 2.10. The number of amides is 2. The van der Waals surface area contributed by atoms with Crippen molar-refractivity contribution < 1.29 is 14.0 Å². The molecule has 1 aromatic carbocycles. The van der Waals surface area contributed by atoms with Crippen LogP contribution in [0.4, 0.5) is 5.69 Å². The fourth-order valence-electron chi connectivity index (χ4n) is 1.68. The zero-order valence-corrected chi connectivity index (χ0v) is 11.7. The minimum Gasteiger partial charge on any atom is -0.460 e. The number of rotatable bonds is 4. The number of hydrogen-bond donors (Lipinski definition) is 2. The van der Waals surface area contributed by atoms with E-state index in [2.05, 4.69) is 15.8 Å². The normalized spacial score (nSPS) is 10.6. The van der Waals surface area contributed by atoms with E-state index in [0.717, 1.165) is 5.76 Å². The topological polar surface area (TPSA) is 83.7 Å². The van der Waals surface area contributed by atoms with Gasteiger partial charge in [-0.1, -0.05) is 6.07 Å². The first-order valence-electron chi connectivity index (χ1n) is 6.32. The van der Waals surface area contributed by atoms with Crippen LogP contribution in [-0.4, -0.2) is 18.0 Å². The van der Waals surface area contributed by atoms with E-state index in [9.17, 15) is 9.59 Å². The number of carbonyl (C=O) groups is 2. The van der Waals surface area contributed by atoms with Crippen LogP contribution < -0.4 is 10.7 Å². The zero-order valence-electron chi connectivity index (χ0n) is 11.7. The molecule has 0 aliphatic carbocycles. The third-order valence-corrected chi connectivity index (χ3v) is 2.56. The number of nitrogens with zero attached hydrogens (tertiary/aromatic N) is 1. The van der Waals surface area contributed by atoms with E-state index < -0.39 is 0 Å². The number of hydrazone groups is 1. The molecule has 1 heterocycles. The molecule has 6 nitrogen and oxygen atoms in total. The van der Waals surface area contributed by atoms with Crippen molar-refractivity contribution in [2.24, 2.45) is 5.10 Å². The Bertz CT molecular complexity index is 689. The van der Waals surface area contributed by atoms with Crippen LogP contribution in [0, 0.1) is 6.92 Å². The molecule has 0 aliphatic rings. The summed E-state index contributed by atoms with van der Waals surface area (Å²) in [4.78, 5) is 22.9. The maximum absolute atomic E-state index is 11.9. The van der Waals surface area contributed by atoms with Crippen LogP contribution in [0.25, 0.3) is 0 Å². The molecule has 21 heavy (non-hydrogen) atoms. The monoisotopic (exact) mass is 285 g/mol. The maximum Gasteiger partial charge on any atom is 0.271 e. The quantitative estimate of drug-likeness (QED) is 0.668. The van der Waals surface area contributed by atoms with Crippen molar-refractivity contribution in [1.29, 1.82) is 0 Å². The Morgan fingerprint density at radius 2 is 2.05 bits per heavy atom. The van der Waals surface area contributed by atoms with Crippen LogP contribution in [0.1, 0.15) is 28.8 Å². The van der Waals surface area contributed by atoms with Crippen molar-refractivity contribution in [1.82, 2.24) is 5.43 Å². The fraction of sp³-hybridized carbons (Fsp3) is 0.133. The first-order valence-corrected chi connectivity index (χ1v) is 6.32. The van der Waals surface area contributed by atoms with E-state index in [1.807, 2.05) is 6.92 Å². The highest BCUT2D eigenvalue weighted by Gasteiger charge is 2.05. The van der Waals surface area contributed by atoms with Crippen LogP contribution in [-0.2, 0) is 4.79 Å². The van der Waals surface area contributed by atoms with Gasteiger partial charge in [0, 0.05) is 18.2 Å². The summed E-state index contributed by atoms with van der Waals surface area (Å²) in [6.07, 6.45) is 1.42. The molecule has 1 aromatic heterocycles. The lowest BCUT2D eigenvalue weighted by atomic mass is 10.2. The second kappa shape index (κ2) is 6.51. The largest absolute Gasteiger partial charge is 0.460 e. The summed E-state index contributed by atoms with van der Waals surface area (Å²) >= 11 is 0. The highest BCUT2D eigenvalue weighted by molar-refractivity contribution is 5.97. The number of furan rings is 1. The average molecular weight is 285 g/mol. The predicted octanol–water partition coefficient (Wildman–Crippen LogP) is 2.31. The van der Waals surface area contributed by atoms with Gasteiger partial charge < -0.3 is 9.73 Å². The number of carbonyl (C=O) groups excluding carboxylic acids is 2. The summed E-state index contributed by atoms with van der Waals surface area (Å²) in [5.74, 6) is 0.756. The van der Waals surface area contributed by atoms with E-state index in [4.69, 9.17) is 4.42 Å². The molecule has 0 saturated heterocycles. The third-order valence-electron chi connectivity index (χ3n) is 2.56. The van der Waals surface area contributed by atoms with Crippen molar-refractivity contribution in [2.45, 2.75) is 13.8 Å². The number of anilines is 1. The van der Waals surface area contributed by atoms with Gasteiger partial charge in [-0.05, 0) is 37.3 Å². The van der Waals surface area contributed by atoms with E-state index in [1.165, 1.54) is 13.1 Å². The molecule has 2 rings (SSSR count). The second-order valence-corrected chi connectivity index (χ2v) is 4.41. The first-order chi connectivity index (χ1) is 10.0. The summed E-state index contributed by atoms with van der Waals surface area (Å²) in [5.41, 5.74) is 3.35. The van der Waals surface area contributed by atoms with E-state index >= 15 is 0 Å². The number of benzene rings is 1. The van der Waals surface area contributed by atoms with Crippen LogP contribution in [0.2, 0.25) is 0 Å². The molecule has 2 aromatic rings. The molecular weight excluding hydrogens is 270 g/mol. The Morgan fingerprint density at radius 1 is 1.24 bits per heavy atom. The minimum absolute atomic E-state index is 0.196. The molecule has 0 unspecified atom stereocenters. The molecule has 0 fully saturated rings. The molecule has 108 valence electrons. The van der Waals surface area contributed by atoms with Crippen molar-refractivity contribution in [3.63, 3.8) is 0 Å². The van der Waals surface area contributed by atoms with Crippen molar-refractivity contribution in [3.8, 4) is 0 Å². The Labute approximate surface area is 121 Å². The Kier molecular flexibility index (Phi) is 4.50. The molecule has 0 saturated carbocycles. The van der Waals surface area contributed by atoms with Gasteiger partial charge in [0.2, 0.25) is 5.91 Å². The lowest BCUT2D eigenvalue weighted by molar-refractivity contribution is -0.114. The molecule has 2 amide bonds. The van der Waals surface area contributed by atoms with E-state index in [0.29, 0.717) is 17.0 Å². The first kappa shape index (κ1) is 14.5. The summed E-state index contributed by atoms with van der Waals surface area (Å²) < 4.78 is 5.29. The van der Waals surface area contributed by atoms with Gasteiger partial charge in [0.1, 0.15) is 11.5 Å². The maximum atomic E-state index is 11.9. The summed E-state index contributed by atoms with van der Waals surface area (Å²) in [5, 5.41) is 6.43. The van der Waals surface area contributed by atoms with Crippen molar-refractivity contribution in [3.05, 3.63) is 53.5 Å². The Balaban J connectivity index is 2.00. The predicted molar refractivity (Wildman–Crippen MR) is 79.3 cm³/mol.